The number of nitrogens with one attached hydrogen (secondary N) is 1. The SMILES string of the molecule is CCc1ccc(C(=O)COC(=O)C2=C(Nc3ccccc3)OCC2=O)cc1. The lowest BCUT2D eigenvalue weighted by Gasteiger charge is -2.09. The van der Waals surface area contributed by atoms with Crippen molar-refractivity contribution in [1.29, 1.82) is 0 Å². The molecule has 6 nitrogen and oxygen atoms in total. The van der Waals surface area contributed by atoms with Gasteiger partial charge in [-0.05, 0) is 24.1 Å². The summed E-state index contributed by atoms with van der Waals surface area (Å²) >= 11 is 0. The van der Waals surface area contributed by atoms with Gasteiger partial charge in [0.25, 0.3) is 0 Å². The molecule has 1 aliphatic rings. The molecule has 0 bridgehead atoms. The lowest BCUT2D eigenvalue weighted by Crippen LogP contribution is -2.20. The van der Waals surface area contributed by atoms with Crippen molar-refractivity contribution in [2.75, 3.05) is 18.5 Å². The second-order valence-electron chi connectivity index (χ2n) is 5.96. The Labute approximate surface area is 156 Å². The fourth-order valence-electron chi connectivity index (χ4n) is 2.58. The highest BCUT2D eigenvalue weighted by atomic mass is 16.5. The van der Waals surface area contributed by atoms with Gasteiger partial charge in [0.05, 0.1) is 0 Å². The molecule has 0 spiro atoms. The largest absolute Gasteiger partial charge is 0.470 e. The molecule has 27 heavy (non-hydrogen) atoms. The minimum Gasteiger partial charge on any atom is -0.470 e. The van der Waals surface area contributed by atoms with Gasteiger partial charge < -0.3 is 14.8 Å². The van der Waals surface area contributed by atoms with Crippen molar-refractivity contribution < 1.29 is 23.9 Å². The van der Waals surface area contributed by atoms with Crippen LogP contribution in [0, 0.1) is 0 Å². The first kappa shape index (κ1) is 18.4. The Morgan fingerprint density at radius 2 is 1.78 bits per heavy atom. The lowest BCUT2D eigenvalue weighted by atomic mass is 10.1. The van der Waals surface area contributed by atoms with E-state index >= 15 is 0 Å². The molecule has 0 atom stereocenters. The summed E-state index contributed by atoms with van der Waals surface area (Å²) in [5, 5.41) is 2.89. The van der Waals surface area contributed by atoms with E-state index in [9.17, 15) is 14.4 Å². The molecule has 0 saturated heterocycles. The van der Waals surface area contributed by atoms with Gasteiger partial charge in [0.2, 0.25) is 11.7 Å². The summed E-state index contributed by atoms with van der Waals surface area (Å²) < 4.78 is 10.3. The molecule has 1 N–H and O–H groups in total. The molecule has 0 unspecified atom stereocenters. The van der Waals surface area contributed by atoms with Gasteiger partial charge >= 0.3 is 5.97 Å². The highest BCUT2D eigenvalue weighted by Gasteiger charge is 2.32. The zero-order valence-corrected chi connectivity index (χ0v) is 14.9. The average molecular weight is 365 g/mol. The molecule has 138 valence electrons. The minimum absolute atomic E-state index is 0.0379. The third kappa shape index (κ3) is 4.41. The molecule has 0 fully saturated rings. The van der Waals surface area contributed by atoms with Crippen molar-refractivity contribution >= 4 is 23.2 Å². The molecule has 2 aromatic rings. The zero-order valence-electron chi connectivity index (χ0n) is 14.9. The highest BCUT2D eigenvalue weighted by molar-refractivity contribution is 6.20. The van der Waals surface area contributed by atoms with Crippen LogP contribution >= 0.6 is 0 Å². The van der Waals surface area contributed by atoms with Gasteiger partial charge in [-0.25, -0.2) is 4.79 Å². The normalized spacial score (nSPS) is 13.3. The van der Waals surface area contributed by atoms with Crippen LogP contribution in [0.1, 0.15) is 22.8 Å². The van der Waals surface area contributed by atoms with E-state index in [0.29, 0.717) is 11.3 Å². The summed E-state index contributed by atoms with van der Waals surface area (Å²) in [7, 11) is 0. The molecule has 1 heterocycles. The summed E-state index contributed by atoms with van der Waals surface area (Å²) in [5.74, 6) is -1.67. The van der Waals surface area contributed by atoms with Crippen LogP contribution in [0.3, 0.4) is 0 Å². The Kier molecular flexibility index (Phi) is 5.66. The molecule has 1 aliphatic heterocycles. The molecule has 0 aliphatic carbocycles. The van der Waals surface area contributed by atoms with Gasteiger partial charge in [-0.2, -0.15) is 0 Å². The number of para-hydroxylation sites is 1. The average Bonchev–Trinajstić information content (AvgIpc) is 3.06. The van der Waals surface area contributed by atoms with Gasteiger partial charge in [-0.15, -0.1) is 0 Å². The predicted octanol–water partition coefficient (Wildman–Crippen LogP) is 2.90. The van der Waals surface area contributed by atoms with Crippen LogP contribution in [0.2, 0.25) is 0 Å². The second-order valence-corrected chi connectivity index (χ2v) is 5.96. The number of Topliss-reactive ketones (excluding diaryl/α,β-unsaturated/α-hetero) is 2. The minimum atomic E-state index is -0.880. The second kappa shape index (κ2) is 8.31. The Morgan fingerprint density at radius 3 is 2.44 bits per heavy atom. The van der Waals surface area contributed by atoms with Crippen LogP contribution in [-0.2, 0) is 25.5 Å². The van der Waals surface area contributed by atoms with Crippen LogP contribution in [0.25, 0.3) is 0 Å². The predicted molar refractivity (Wildman–Crippen MR) is 99.2 cm³/mol. The number of carbonyl (C=O) groups excluding carboxylic acids is 3. The number of anilines is 1. The molecule has 0 aromatic heterocycles. The molecule has 0 saturated carbocycles. The van der Waals surface area contributed by atoms with E-state index < -0.39 is 18.4 Å². The molecule has 0 amide bonds. The van der Waals surface area contributed by atoms with Crippen LogP contribution < -0.4 is 5.32 Å². The number of hydrogen-bond donors (Lipinski definition) is 1. The van der Waals surface area contributed by atoms with E-state index in [4.69, 9.17) is 9.47 Å². The van der Waals surface area contributed by atoms with Crippen molar-refractivity contribution in [3.8, 4) is 0 Å². The van der Waals surface area contributed by atoms with Crippen molar-refractivity contribution in [3.05, 3.63) is 77.2 Å². The number of ketones is 2. The zero-order chi connectivity index (χ0) is 19.2. The number of esters is 1. The van der Waals surface area contributed by atoms with Crippen molar-refractivity contribution in [2.45, 2.75) is 13.3 Å². The third-order valence-electron chi connectivity index (χ3n) is 4.11. The van der Waals surface area contributed by atoms with Crippen molar-refractivity contribution in [3.63, 3.8) is 0 Å². The van der Waals surface area contributed by atoms with Crippen LogP contribution in [0.4, 0.5) is 5.69 Å². The number of hydrogen-bond acceptors (Lipinski definition) is 6. The molecule has 0 radical (unpaired) electrons. The van der Waals surface area contributed by atoms with Crippen LogP contribution in [0.5, 0.6) is 0 Å². The maximum Gasteiger partial charge on any atom is 0.347 e. The first-order chi connectivity index (χ1) is 13.1. The Morgan fingerprint density at radius 1 is 1.07 bits per heavy atom. The van der Waals surface area contributed by atoms with E-state index in [1.807, 2.05) is 25.1 Å². The van der Waals surface area contributed by atoms with Gasteiger partial charge in [0, 0.05) is 11.3 Å². The fraction of sp³-hybridized carbons (Fsp3) is 0.190. The quantitative estimate of drug-likeness (QED) is 0.462. The van der Waals surface area contributed by atoms with Crippen molar-refractivity contribution in [1.82, 2.24) is 0 Å². The maximum absolute atomic E-state index is 12.3. The molecular weight excluding hydrogens is 346 g/mol. The van der Waals surface area contributed by atoms with E-state index in [1.165, 1.54) is 0 Å². The monoisotopic (exact) mass is 365 g/mol. The summed E-state index contributed by atoms with van der Waals surface area (Å²) in [5.41, 5.74) is 2.01. The number of ether oxygens (including phenoxy) is 2. The summed E-state index contributed by atoms with van der Waals surface area (Å²) in [6.45, 7) is 1.33. The number of benzene rings is 2. The van der Waals surface area contributed by atoms with E-state index in [0.717, 1.165) is 12.0 Å². The highest BCUT2D eigenvalue weighted by Crippen LogP contribution is 2.20. The van der Waals surface area contributed by atoms with E-state index in [1.54, 1.807) is 36.4 Å². The summed E-state index contributed by atoms with van der Waals surface area (Å²) in [6.07, 6.45) is 0.872. The van der Waals surface area contributed by atoms with E-state index in [2.05, 4.69) is 5.32 Å². The Bertz CT molecular complexity index is 885. The van der Waals surface area contributed by atoms with Crippen LogP contribution in [-0.4, -0.2) is 30.7 Å². The molecular formula is C21H19NO5. The fourth-order valence-corrected chi connectivity index (χ4v) is 2.58. The standard InChI is InChI=1S/C21H19NO5/c1-2-14-8-10-15(11-9-14)17(23)12-27-21(25)19-18(24)13-26-20(19)22-16-6-4-3-5-7-16/h3-11,22H,2,12-13H2,1H3. The summed E-state index contributed by atoms with van der Waals surface area (Å²) in [6, 6.07) is 16.1. The number of aryl methyl sites for hydroxylation is 1. The summed E-state index contributed by atoms with van der Waals surface area (Å²) in [4.78, 5) is 36.5. The first-order valence-corrected chi connectivity index (χ1v) is 8.60. The smallest absolute Gasteiger partial charge is 0.347 e. The van der Waals surface area contributed by atoms with Gasteiger partial charge in [0.1, 0.15) is 0 Å². The van der Waals surface area contributed by atoms with Crippen LogP contribution in [0.15, 0.2) is 66.1 Å². The van der Waals surface area contributed by atoms with Gasteiger partial charge in [0.15, 0.2) is 24.6 Å². The lowest BCUT2D eigenvalue weighted by molar-refractivity contribution is -0.139. The maximum atomic E-state index is 12.3. The van der Waals surface area contributed by atoms with Gasteiger partial charge in [-0.3, -0.25) is 9.59 Å². The Balaban J connectivity index is 1.66. The topological polar surface area (TPSA) is 81.7 Å². The first-order valence-electron chi connectivity index (χ1n) is 8.60. The van der Waals surface area contributed by atoms with E-state index in [-0.39, 0.29) is 23.8 Å². The van der Waals surface area contributed by atoms with Crippen molar-refractivity contribution in [2.24, 2.45) is 0 Å². The molecule has 6 heteroatoms. The molecule has 3 rings (SSSR count). The Hall–Kier alpha value is -3.41. The molecule has 2 aromatic carbocycles. The number of rotatable bonds is 7. The third-order valence-corrected chi connectivity index (χ3v) is 4.11. The van der Waals surface area contributed by atoms with Gasteiger partial charge in [-0.1, -0.05) is 49.4 Å². The number of carbonyl (C=O) groups is 3.